The first-order chi connectivity index (χ1) is 9.40. The fourth-order valence-corrected chi connectivity index (χ4v) is 2.94. The molecule has 3 nitrogen and oxygen atoms in total. The zero-order valence-corrected chi connectivity index (χ0v) is 12.3. The molecule has 1 aliphatic rings. The molecule has 0 aromatic carbocycles. The van der Waals surface area contributed by atoms with E-state index in [1.807, 2.05) is 0 Å². The number of nitrogens with one attached hydrogen (secondary N) is 1. The van der Waals surface area contributed by atoms with Crippen LogP contribution in [0, 0.1) is 11.8 Å². The molecule has 3 unspecified atom stereocenters. The fourth-order valence-electron chi connectivity index (χ4n) is 2.67. The minimum Gasteiger partial charge on any atom is -0.383 e. The van der Waals surface area contributed by atoms with E-state index in [1.165, 1.54) is 7.11 Å². The van der Waals surface area contributed by atoms with Crippen LogP contribution in [-0.4, -0.2) is 37.7 Å². The van der Waals surface area contributed by atoms with Crippen molar-refractivity contribution in [3.63, 3.8) is 0 Å². The molecule has 20 heavy (non-hydrogen) atoms. The van der Waals surface area contributed by atoms with Crippen molar-refractivity contribution < 1.29 is 22.7 Å². The van der Waals surface area contributed by atoms with Crippen molar-refractivity contribution in [1.82, 2.24) is 5.32 Å². The van der Waals surface area contributed by atoms with Crippen LogP contribution in [0.25, 0.3) is 0 Å². The monoisotopic (exact) mass is 315 g/mol. The Morgan fingerprint density at radius 1 is 1.40 bits per heavy atom. The molecule has 0 saturated heterocycles. The van der Waals surface area contributed by atoms with E-state index >= 15 is 0 Å². The predicted molar refractivity (Wildman–Crippen MR) is 70.6 cm³/mol. The Labute approximate surface area is 122 Å². The van der Waals surface area contributed by atoms with Gasteiger partial charge in [-0.15, -0.1) is 11.6 Å². The van der Waals surface area contributed by atoms with Crippen molar-refractivity contribution in [2.75, 3.05) is 19.6 Å². The second-order valence-electron chi connectivity index (χ2n) is 5.18. The molecule has 3 atom stereocenters. The lowest BCUT2D eigenvalue weighted by Gasteiger charge is -2.33. The van der Waals surface area contributed by atoms with Crippen molar-refractivity contribution in [3.05, 3.63) is 0 Å². The Hall–Kier alpha value is -0.490. The van der Waals surface area contributed by atoms with Gasteiger partial charge in [0.05, 0.1) is 18.6 Å². The second kappa shape index (κ2) is 8.08. The van der Waals surface area contributed by atoms with Gasteiger partial charge in [0.1, 0.15) is 0 Å². The summed E-state index contributed by atoms with van der Waals surface area (Å²) in [6.45, 7) is 0.252. The first-order valence-electron chi connectivity index (χ1n) is 6.82. The predicted octanol–water partition coefficient (Wildman–Crippen LogP) is 3.12. The van der Waals surface area contributed by atoms with Gasteiger partial charge in [0.15, 0.2) is 0 Å². The number of alkyl halides is 4. The molecule has 1 saturated carbocycles. The minimum atomic E-state index is -4.31. The van der Waals surface area contributed by atoms with Gasteiger partial charge in [-0.3, -0.25) is 4.79 Å². The van der Waals surface area contributed by atoms with Crippen LogP contribution < -0.4 is 5.32 Å². The average molecular weight is 316 g/mol. The lowest BCUT2D eigenvalue weighted by molar-refractivity contribution is -0.198. The van der Waals surface area contributed by atoms with Crippen LogP contribution in [0.5, 0.6) is 0 Å². The van der Waals surface area contributed by atoms with Crippen LogP contribution in [0.2, 0.25) is 0 Å². The quantitative estimate of drug-likeness (QED) is 0.765. The molecule has 7 heteroatoms. The molecular weight excluding hydrogens is 295 g/mol. The Morgan fingerprint density at radius 2 is 2.05 bits per heavy atom. The summed E-state index contributed by atoms with van der Waals surface area (Å²) in [5.74, 6) is -2.73. The van der Waals surface area contributed by atoms with E-state index in [2.05, 4.69) is 5.32 Å². The number of hydrogen-bond donors (Lipinski definition) is 1. The van der Waals surface area contributed by atoms with Gasteiger partial charge in [0.25, 0.3) is 0 Å². The van der Waals surface area contributed by atoms with Crippen LogP contribution in [-0.2, 0) is 9.53 Å². The lowest BCUT2D eigenvalue weighted by Crippen LogP contribution is -2.47. The lowest BCUT2D eigenvalue weighted by atomic mass is 9.78. The smallest absolute Gasteiger partial charge is 0.383 e. The van der Waals surface area contributed by atoms with E-state index in [0.717, 1.165) is 0 Å². The fraction of sp³-hybridized carbons (Fsp3) is 0.923. The van der Waals surface area contributed by atoms with E-state index in [1.54, 1.807) is 0 Å². The molecule has 1 aliphatic carbocycles. The summed E-state index contributed by atoms with van der Waals surface area (Å²) in [4.78, 5) is 12.1. The van der Waals surface area contributed by atoms with Gasteiger partial charge in [-0.1, -0.05) is 12.8 Å². The van der Waals surface area contributed by atoms with Gasteiger partial charge in [-0.05, 0) is 19.3 Å². The molecule has 0 heterocycles. The zero-order valence-electron chi connectivity index (χ0n) is 11.5. The van der Waals surface area contributed by atoms with Gasteiger partial charge in [-0.25, -0.2) is 0 Å². The van der Waals surface area contributed by atoms with E-state index in [4.69, 9.17) is 16.3 Å². The summed E-state index contributed by atoms with van der Waals surface area (Å²) >= 11 is 5.62. The Kier molecular flexibility index (Phi) is 7.09. The van der Waals surface area contributed by atoms with Gasteiger partial charge in [-0.2, -0.15) is 13.2 Å². The Bertz CT molecular complexity index is 306. The maximum atomic E-state index is 13.0. The summed E-state index contributed by atoms with van der Waals surface area (Å²) < 4.78 is 43.8. The summed E-state index contributed by atoms with van der Waals surface area (Å²) in [7, 11) is 1.48. The molecule has 0 spiro atoms. The molecule has 1 amide bonds. The second-order valence-corrected chi connectivity index (χ2v) is 5.56. The Morgan fingerprint density at radius 3 is 2.60 bits per heavy atom. The number of ether oxygens (including phenoxy) is 1. The van der Waals surface area contributed by atoms with E-state index < -0.39 is 23.9 Å². The van der Waals surface area contributed by atoms with Crippen LogP contribution in [0.15, 0.2) is 0 Å². The SMILES string of the molecule is COCC(CCCl)NC(=O)C1CCCCC1C(F)(F)F. The van der Waals surface area contributed by atoms with Crippen molar-refractivity contribution >= 4 is 17.5 Å². The van der Waals surface area contributed by atoms with Crippen LogP contribution in [0.3, 0.4) is 0 Å². The van der Waals surface area contributed by atoms with Crippen LogP contribution in [0.1, 0.15) is 32.1 Å². The van der Waals surface area contributed by atoms with Crippen molar-refractivity contribution in [1.29, 1.82) is 0 Å². The first-order valence-corrected chi connectivity index (χ1v) is 7.35. The summed E-state index contributed by atoms with van der Waals surface area (Å²) in [5.41, 5.74) is 0. The maximum Gasteiger partial charge on any atom is 0.392 e. The van der Waals surface area contributed by atoms with Crippen LogP contribution in [0.4, 0.5) is 13.2 Å². The number of methoxy groups -OCH3 is 1. The summed E-state index contributed by atoms with van der Waals surface area (Å²) in [6.07, 6.45) is -2.33. The van der Waals surface area contributed by atoms with Gasteiger partial charge >= 0.3 is 6.18 Å². The van der Waals surface area contributed by atoms with Crippen molar-refractivity contribution in [2.24, 2.45) is 11.8 Å². The highest BCUT2D eigenvalue weighted by Crippen LogP contribution is 2.41. The number of amides is 1. The average Bonchev–Trinajstić information content (AvgIpc) is 2.38. The standard InChI is InChI=1S/C13H21ClF3NO2/c1-20-8-9(6-7-14)18-12(19)10-4-2-3-5-11(10)13(15,16)17/h9-11H,2-8H2,1H3,(H,18,19). The van der Waals surface area contributed by atoms with Crippen molar-refractivity contribution in [2.45, 2.75) is 44.3 Å². The number of halogens is 4. The Balaban J connectivity index is 2.67. The molecule has 1 rings (SSSR count). The normalized spacial score (nSPS) is 25.2. The number of hydrogen-bond acceptors (Lipinski definition) is 2. The topological polar surface area (TPSA) is 38.3 Å². The van der Waals surface area contributed by atoms with Gasteiger partial charge in [0.2, 0.25) is 5.91 Å². The van der Waals surface area contributed by atoms with E-state index in [-0.39, 0.29) is 25.5 Å². The third kappa shape index (κ3) is 5.13. The van der Waals surface area contributed by atoms with E-state index in [0.29, 0.717) is 25.1 Å². The molecule has 0 aromatic heterocycles. The highest BCUT2D eigenvalue weighted by Gasteiger charge is 2.48. The first kappa shape index (κ1) is 17.6. The van der Waals surface area contributed by atoms with Gasteiger partial charge in [0, 0.05) is 18.9 Å². The van der Waals surface area contributed by atoms with Gasteiger partial charge < -0.3 is 10.1 Å². The van der Waals surface area contributed by atoms with Crippen molar-refractivity contribution in [3.8, 4) is 0 Å². The molecule has 118 valence electrons. The molecule has 1 fully saturated rings. The largest absolute Gasteiger partial charge is 0.392 e. The third-order valence-corrected chi connectivity index (χ3v) is 3.91. The highest BCUT2D eigenvalue weighted by molar-refractivity contribution is 6.17. The third-order valence-electron chi connectivity index (χ3n) is 3.69. The number of rotatable bonds is 6. The molecule has 0 aromatic rings. The maximum absolute atomic E-state index is 13.0. The number of carbonyl (C=O) groups excluding carboxylic acids is 1. The molecule has 0 aliphatic heterocycles. The molecular formula is C13H21ClF3NO2. The highest BCUT2D eigenvalue weighted by atomic mass is 35.5. The zero-order chi connectivity index (χ0) is 15.2. The molecule has 1 N–H and O–H groups in total. The summed E-state index contributed by atoms with van der Waals surface area (Å²) in [5, 5.41) is 2.64. The minimum absolute atomic E-state index is 0.0338. The molecule has 0 bridgehead atoms. The number of carbonyl (C=O) groups is 1. The van der Waals surface area contributed by atoms with Crippen LogP contribution >= 0.6 is 11.6 Å². The van der Waals surface area contributed by atoms with E-state index in [9.17, 15) is 18.0 Å². The summed E-state index contributed by atoms with van der Waals surface area (Å²) in [6, 6.07) is -0.333. The molecule has 0 radical (unpaired) electrons.